The van der Waals surface area contributed by atoms with E-state index >= 15 is 0 Å². The van der Waals surface area contributed by atoms with Gasteiger partial charge in [0, 0.05) is 31.7 Å². The molecule has 6 heteroatoms. The topological polar surface area (TPSA) is 61.4 Å². The average Bonchev–Trinajstić information content (AvgIpc) is 3.13. The van der Waals surface area contributed by atoms with Crippen molar-refractivity contribution in [3.8, 4) is 11.1 Å². The average molecular weight is 343 g/mol. The Morgan fingerprint density at radius 3 is 3.00 bits per heavy atom. The van der Waals surface area contributed by atoms with Gasteiger partial charge in [-0.3, -0.25) is 14.5 Å². The van der Waals surface area contributed by atoms with Crippen LogP contribution in [0.5, 0.6) is 0 Å². The lowest BCUT2D eigenvalue weighted by Gasteiger charge is -2.26. The van der Waals surface area contributed by atoms with Crippen molar-refractivity contribution in [3.05, 3.63) is 46.7 Å². The summed E-state index contributed by atoms with van der Waals surface area (Å²) in [6.07, 6.45) is 0.837. The summed E-state index contributed by atoms with van der Waals surface area (Å²) in [6, 6.07) is 9.73. The largest absolute Gasteiger partial charge is 0.354 e. The number of benzene rings is 1. The Bertz CT molecular complexity index is 700. The van der Waals surface area contributed by atoms with E-state index in [1.165, 1.54) is 0 Å². The van der Waals surface area contributed by atoms with Gasteiger partial charge in [-0.15, -0.1) is 0 Å². The van der Waals surface area contributed by atoms with Crippen LogP contribution in [-0.2, 0) is 4.79 Å². The van der Waals surface area contributed by atoms with Gasteiger partial charge in [-0.1, -0.05) is 12.1 Å². The van der Waals surface area contributed by atoms with Gasteiger partial charge in [-0.05, 0) is 46.5 Å². The molecule has 3 rings (SSSR count). The zero-order chi connectivity index (χ0) is 16.8. The molecule has 5 nitrogen and oxygen atoms in total. The third-order valence-electron chi connectivity index (χ3n) is 4.03. The Labute approximate surface area is 145 Å². The Morgan fingerprint density at radius 2 is 2.21 bits per heavy atom. The number of hydrogen-bond acceptors (Lipinski definition) is 4. The summed E-state index contributed by atoms with van der Waals surface area (Å²) in [4.78, 5) is 25.7. The molecule has 0 atom stereocenters. The summed E-state index contributed by atoms with van der Waals surface area (Å²) < 4.78 is 0. The first-order valence-electron chi connectivity index (χ1n) is 8.12. The first-order valence-corrected chi connectivity index (χ1v) is 9.06. The van der Waals surface area contributed by atoms with Crippen molar-refractivity contribution in [2.75, 3.05) is 32.7 Å². The number of amides is 2. The van der Waals surface area contributed by atoms with Crippen molar-refractivity contribution in [1.29, 1.82) is 0 Å². The van der Waals surface area contributed by atoms with Gasteiger partial charge in [0.2, 0.25) is 5.91 Å². The fraction of sp³-hybridized carbons (Fsp3) is 0.333. The number of carbonyl (C=O) groups excluding carboxylic acids is 2. The highest BCUT2D eigenvalue weighted by Gasteiger charge is 2.15. The fourth-order valence-electron chi connectivity index (χ4n) is 2.76. The van der Waals surface area contributed by atoms with Crippen molar-refractivity contribution in [2.45, 2.75) is 6.42 Å². The zero-order valence-corrected chi connectivity index (χ0v) is 14.3. The third-order valence-corrected chi connectivity index (χ3v) is 4.72. The standard InChI is InChI=1S/C18H21N3O2S/c22-17-12-21(9-7-19-17)8-2-6-20-18(23)15-4-1-3-14(11-15)16-5-10-24-13-16/h1,3-5,10-11,13H,2,6-9,12H2,(H,19,22)(H,20,23). The van der Waals surface area contributed by atoms with Gasteiger partial charge in [0.05, 0.1) is 6.54 Å². The van der Waals surface area contributed by atoms with Crippen molar-refractivity contribution in [3.63, 3.8) is 0 Å². The van der Waals surface area contributed by atoms with E-state index in [2.05, 4.69) is 27.0 Å². The number of thiophene rings is 1. The smallest absolute Gasteiger partial charge is 0.251 e. The lowest BCUT2D eigenvalue weighted by molar-refractivity contribution is -0.124. The molecule has 2 amide bonds. The number of nitrogens with zero attached hydrogens (tertiary/aromatic N) is 1. The molecule has 0 spiro atoms. The molecule has 0 aliphatic carbocycles. The second-order valence-corrected chi connectivity index (χ2v) is 6.61. The Morgan fingerprint density at radius 1 is 1.29 bits per heavy atom. The Hall–Kier alpha value is -2.18. The number of piperazine rings is 1. The maximum absolute atomic E-state index is 12.3. The highest BCUT2D eigenvalue weighted by atomic mass is 32.1. The zero-order valence-electron chi connectivity index (χ0n) is 13.5. The predicted octanol–water partition coefficient (Wildman–Crippen LogP) is 1.97. The molecule has 0 radical (unpaired) electrons. The second-order valence-electron chi connectivity index (χ2n) is 5.83. The van der Waals surface area contributed by atoms with Crippen molar-refractivity contribution >= 4 is 23.2 Å². The molecule has 2 aromatic rings. The number of nitrogens with one attached hydrogen (secondary N) is 2. The molecule has 0 saturated carbocycles. The second kappa shape index (κ2) is 8.08. The van der Waals surface area contributed by atoms with E-state index in [1.54, 1.807) is 11.3 Å². The SMILES string of the molecule is O=C1CN(CCCNC(=O)c2cccc(-c3ccsc3)c2)CCN1. The van der Waals surface area contributed by atoms with Gasteiger partial charge >= 0.3 is 0 Å². The van der Waals surface area contributed by atoms with Crippen LogP contribution < -0.4 is 10.6 Å². The van der Waals surface area contributed by atoms with Gasteiger partial charge in [-0.25, -0.2) is 0 Å². The highest BCUT2D eigenvalue weighted by molar-refractivity contribution is 7.08. The van der Waals surface area contributed by atoms with Gasteiger partial charge in [0.25, 0.3) is 5.91 Å². The number of carbonyl (C=O) groups is 2. The fourth-order valence-corrected chi connectivity index (χ4v) is 3.42. The van der Waals surface area contributed by atoms with Gasteiger partial charge in [0.15, 0.2) is 0 Å². The lowest BCUT2D eigenvalue weighted by Crippen LogP contribution is -2.48. The van der Waals surface area contributed by atoms with E-state index in [9.17, 15) is 9.59 Å². The molecule has 1 aliphatic rings. The minimum Gasteiger partial charge on any atom is -0.354 e. The molecule has 2 heterocycles. The first-order chi connectivity index (χ1) is 11.7. The Kier molecular flexibility index (Phi) is 5.61. The summed E-state index contributed by atoms with van der Waals surface area (Å²) in [5.41, 5.74) is 2.87. The molecular formula is C18H21N3O2S. The molecule has 126 valence electrons. The van der Waals surface area contributed by atoms with Crippen LogP contribution in [0.15, 0.2) is 41.1 Å². The van der Waals surface area contributed by atoms with Crippen LogP contribution in [0.3, 0.4) is 0 Å². The van der Waals surface area contributed by atoms with E-state index in [0.29, 0.717) is 25.2 Å². The maximum atomic E-state index is 12.3. The molecule has 0 unspecified atom stereocenters. The molecule has 24 heavy (non-hydrogen) atoms. The van der Waals surface area contributed by atoms with Crippen molar-refractivity contribution in [2.24, 2.45) is 0 Å². The van der Waals surface area contributed by atoms with Gasteiger partial charge in [0.1, 0.15) is 0 Å². The van der Waals surface area contributed by atoms with Crippen LogP contribution in [0.2, 0.25) is 0 Å². The summed E-state index contributed by atoms with van der Waals surface area (Å²) in [5, 5.41) is 9.87. The lowest BCUT2D eigenvalue weighted by atomic mass is 10.1. The summed E-state index contributed by atoms with van der Waals surface area (Å²) >= 11 is 1.65. The molecule has 1 aliphatic heterocycles. The minimum absolute atomic E-state index is 0.0523. The molecular weight excluding hydrogens is 322 g/mol. The summed E-state index contributed by atoms with van der Waals surface area (Å²) in [7, 11) is 0. The quantitative estimate of drug-likeness (QED) is 0.789. The summed E-state index contributed by atoms with van der Waals surface area (Å²) in [5.74, 6) is 0.0268. The maximum Gasteiger partial charge on any atom is 0.251 e. The molecule has 1 saturated heterocycles. The number of rotatable bonds is 6. The predicted molar refractivity (Wildman–Crippen MR) is 96.2 cm³/mol. The van der Waals surface area contributed by atoms with Crippen LogP contribution in [-0.4, -0.2) is 49.4 Å². The van der Waals surface area contributed by atoms with E-state index in [4.69, 9.17) is 0 Å². The van der Waals surface area contributed by atoms with E-state index < -0.39 is 0 Å². The normalized spacial score (nSPS) is 15.1. The summed E-state index contributed by atoms with van der Waals surface area (Å²) in [6.45, 7) is 3.47. The third kappa shape index (κ3) is 4.43. The van der Waals surface area contributed by atoms with Crippen molar-refractivity contribution < 1.29 is 9.59 Å². The van der Waals surface area contributed by atoms with Gasteiger partial charge < -0.3 is 10.6 Å². The molecule has 2 N–H and O–H groups in total. The van der Waals surface area contributed by atoms with Crippen molar-refractivity contribution in [1.82, 2.24) is 15.5 Å². The Balaban J connectivity index is 1.47. The molecule has 0 bridgehead atoms. The first kappa shape index (κ1) is 16.7. The van der Waals surface area contributed by atoms with E-state index in [0.717, 1.165) is 30.6 Å². The van der Waals surface area contributed by atoms with Crippen LogP contribution in [0.1, 0.15) is 16.8 Å². The molecule has 1 fully saturated rings. The van der Waals surface area contributed by atoms with Gasteiger partial charge in [-0.2, -0.15) is 11.3 Å². The van der Waals surface area contributed by atoms with Crippen LogP contribution >= 0.6 is 11.3 Å². The van der Waals surface area contributed by atoms with E-state index in [1.807, 2.05) is 29.6 Å². The van der Waals surface area contributed by atoms with Crippen LogP contribution in [0, 0.1) is 0 Å². The molecule has 1 aromatic heterocycles. The monoisotopic (exact) mass is 343 g/mol. The van der Waals surface area contributed by atoms with E-state index in [-0.39, 0.29) is 11.8 Å². The highest BCUT2D eigenvalue weighted by Crippen LogP contribution is 2.22. The minimum atomic E-state index is -0.0523. The van der Waals surface area contributed by atoms with Crippen LogP contribution in [0.4, 0.5) is 0 Å². The van der Waals surface area contributed by atoms with Crippen LogP contribution in [0.25, 0.3) is 11.1 Å². The molecule has 1 aromatic carbocycles. The number of hydrogen-bond donors (Lipinski definition) is 2.